The maximum Gasteiger partial charge on any atom is 0.309 e. The third kappa shape index (κ3) is 5.36. The summed E-state index contributed by atoms with van der Waals surface area (Å²) in [5, 5.41) is 0. The van der Waals surface area contributed by atoms with Gasteiger partial charge < -0.3 is 4.74 Å². The first-order chi connectivity index (χ1) is 13.2. The summed E-state index contributed by atoms with van der Waals surface area (Å²) in [4.78, 5) is 25.4. The molecule has 1 aliphatic heterocycles. The third-order valence-corrected chi connectivity index (χ3v) is 7.84. The highest BCUT2D eigenvalue weighted by atomic mass is 32.2. The van der Waals surface area contributed by atoms with Crippen LogP contribution in [0.3, 0.4) is 0 Å². The van der Waals surface area contributed by atoms with Crippen molar-refractivity contribution in [1.82, 2.24) is 4.31 Å². The number of thioether (sulfide) groups is 1. The second kappa shape index (κ2) is 9.89. The van der Waals surface area contributed by atoms with Gasteiger partial charge in [-0.15, -0.1) is 0 Å². The van der Waals surface area contributed by atoms with Crippen molar-refractivity contribution < 1.29 is 22.7 Å². The van der Waals surface area contributed by atoms with Crippen LogP contribution in [0.2, 0.25) is 0 Å². The van der Waals surface area contributed by atoms with Crippen molar-refractivity contribution in [2.75, 3.05) is 24.7 Å². The van der Waals surface area contributed by atoms with Gasteiger partial charge in [-0.25, -0.2) is 8.42 Å². The van der Waals surface area contributed by atoms with Gasteiger partial charge in [0.05, 0.1) is 23.5 Å². The maximum absolute atomic E-state index is 13.1. The lowest BCUT2D eigenvalue weighted by atomic mass is 9.89. The van der Waals surface area contributed by atoms with Gasteiger partial charge in [0.1, 0.15) is 0 Å². The van der Waals surface area contributed by atoms with Gasteiger partial charge in [-0.05, 0) is 31.9 Å². The number of rotatable bonds is 8. The van der Waals surface area contributed by atoms with Crippen LogP contribution in [0.4, 0.5) is 0 Å². The summed E-state index contributed by atoms with van der Waals surface area (Å²) in [6.07, 6.45) is -0.0123. The molecular weight excluding hydrogens is 398 g/mol. The lowest BCUT2D eigenvalue weighted by Gasteiger charge is -2.34. The largest absolute Gasteiger partial charge is 0.466 e. The number of ether oxygens (including phenoxy) is 1. The number of hydrogen-bond acceptors (Lipinski definition) is 6. The van der Waals surface area contributed by atoms with Crippen LogP contribution in [0.25, 0.3) is 0 Å². The first-order valence-electron chi connectivity index (χ1n) is 9.54. The molecule has 1 heterocycles. The molecule has 0 radical (unpaired) electrons. The smallest absolute Gasteiger partial charge is 0.309 e. The third-order valence-electron chi connectivity index (χ3n) is 4.89. The molecule has 28 heavy (non-hydrogen) atoms. The molecule has 0 spiro atoms. The highest BCUT2D eigenvalue weighted by molar-refractivity contribution is 7.99. The van der Waals surface area contributed by atoms with Crippen molar-refractivity contribution in [3.8, 4) is 0 Å². The van der Waals surface area contributed by atoms with E-state index < -0.39 is 28.0 Å². The standard InChI is InChI=1S/C20H29NO5S2/c1-5-26-20(23)17(14(2)3)12-19(22)18-13-27-11-10-21(18)28(24,25)16-8-6-15(4)7-9-16/h6-9,14,17-18H,5,10-13H2,1-4H3/t17-,18-/m0/s1. The average molecular weight is 428 g/mol. The fraction of sp³-hybridized carbons (Fsp3) is 0.600. The lowest BCUT2D eigenvalue weighted by molar-refractivity contribution is -0.151. The van der Waals surface area contributed by atoms with Gasteiger partial charge >= 0.3 is 5.97 Å². The number of Topliss-reactive ketones (excluding diaryl/α,β-unsaturated/α-hetero) is 1. The molecule has 0 unspecified atom stereocenters. The minimum absolute atomic E-state index is 0.0123. The fourth-order valence-corrected chi connectivity index (χ4v) is 6.07. The number of sulfonamides is 1. The van der Waals surface area contributed by atoms with E-state index in [-0.39, 0.29) is 36.2 Å². The molecule has 6 nitrogen and oxygen atoms in total. The summed E-state index contributed by atoms with van der Waals surface area (Å²) >= 11 is 1.56. The summed E-state index contributed by atoms with van der Waals surface area (Å²) in [5.74, 6) is -0.223. The normalized spacial score (nSPS) is 19.4. The molecule has 0 N–H and O–H groups in total. The molecule has 0 amide bonds. The number of aryl methyl sites for hydroxylation is 1. The Hall–Kier alpha value is -1.38. The Bertz CT molecular complexity index is 789. The molecule has 1 aromatic rings. The van der Waals surface area contributed by atoms with Crippen LogP contribution < -0.4 is 0 Å². The Morgan fingerprint density at radius 3 is 2.46 bits per heavy atom. The predicted octanol–water partition coefficient (Wildman–Crippen LogP) is 2.90. The Kier molecular flexibility index (Phi) is 8.09. The summed E-state index contributed by atoms with van der Waals surface area (Å²) in [7, 11) is -3.78. The van der Waals surface area contributed by atoms with E-state index in [1.165, 1.54) is 4.31 Å². The number of carbonyl (C=O) groups excluding carboxylic acids is 2. The van der Waals surface area contributed by atoms with Crippen molar-refractivity contribution >= 4 is 33.5 Å². The highest BCUT2D eigenvalue weighted by Gasteiger charge is 2.39. The van der Waals surface area contributed by atoms with Crippen molar-refractivity contribution in [2.24, 2.45) is 11.8 Å². The molecule has 0 saturated carbocycles. The van der Waals surface area contributed by atoms with E-state index in [4.69, 9.17) is 4.74 Å². The van der Waals surface area contributed by atoms with Crippen LogP contribution in [0.1, 0.15) is 32.8 Å². The number of hydrogen-bond donors (Lipinski definition) is 0. The first-order valence-corrected chi connectivity index (χ1v) is 12.1. The lowest BCUT2D eigenvalue weighted by Crippen LogP contribution is -2.50. The van der Waals surface area contributed by atoms with Gasteiger partial charge in [0.2, 0.25) is 10.0 Å². The van der Waals surface area contributed by atoms with Gasteiger partial charge in [-0.3, -0.25) is 9.59 Å². The summed E-state index contributed by atoms with van der Waals surface area (Å²) < 4.78 is 32.7. The SMILES string of the molecule is CCOC(=O)[C@@H](CC(=O)[C@@H]1CSCCN1S(=O)(=O)c1ccc(C)cc1)C(C)C. The van der Waals surface area contributed by atoms with Gasteiger partial charge in [0, 0.05) is 24.5 Å². The number of ketones is 1. The minimum Gasteiger partial charge on any atom is -0.466 e. The van der Waals surface area contributed by atoms with Gasteiger partial charge in [-0.2, -0.15) is 16.1 Å². The van der Waals surface area contributed by atoms with Crippen LogP contribution in [0, 0.1) is 18.8 Å². The molecule has 2 atom stereocenters. The molecular formula is C20H29NO5S2. The van der Waals surface area contributed by atoms with Crippen LogP contribution in [-0.4, -0.2) is 55.2 Å². The second-order valence-corrected chi connectivity index (χ2v) is 10.3. The van der Waals surface area contributed by atoms with Crippen molar-refractivity contribution in [3.05, 3.63) is 29.8 Å². The van der Waals surface area contributed by atoms with Crippen LogP contribution in [0.5, 0.6) is 0 Å². The Labute approximate surface area is 172 Å². The predicted molar refractivity (Wildman–Crippen MR) is 111 cm³/mol. The van der Waals surface area contributed by atoms with Crippen LogP contribution in [-0.2, 0) is 24.3 Å². The van der Waals surface area contributed by atoms with E-state index >= 15 is 0 Å². The number of benzene rings is 1. The number of nitrogens with zero attached hydrogens (tertiary/aromatic N) is 1. The summed E-state index contributed by atoms with van der Waals surface area (Å²) in [6, 6.07) is 5.88. The Morgan fingerprint density at radius 2 is 1.89 bits per heavy atom. The van der Waals surface area contributed by atoms with E-state index in [9.17, 15) is 18.0 Å². The zero-order valence-corrected chi connectivity index (χ0v) is 18.5. The van der Waals surface area contributed by atoms with Crippen LogP contribution in [0.15, 0.2) is 29.2 Å². The highest BCUT2D eigenvalue weighted by Crippen LogP contribution is 2.28. The second-order valence-electron chi connectivity index (χ2n) is 7.29. The number of carbonyl (C=O) groups is 2. The van der Waals surface area contributed by atoms with Crippen molar-refractivity contribution in [1.29, 1.82) is 0 Å². The maximum atomic E-state index is 13.1. The van der Waals surface area contributed by atoms with E-state index in [1.807, 2.05) is 20.8 Å². The zero-order chi connectivity index (χ0) is 20.9. The van der Waals surface area contributed by atoms with Crippen LogP contribution >= 0.6 is 11.8 Å². The molecule has 0 bridgehead atoms. The van der Waals surface area contributed by atoms with E-state index in [1.54, 1.807) is 43.0 Å². The molecule has 156 valence electrons. The molecule has 1 fully saturated rings. The van der Waals surface area contributed by atoms with Crippen molar-refractivity contribution in [2.45, 2.75) is 45.1 Å². The molecule has 0 aromatic heterocycles. The number of esters is 1. The molecule has 0 aliphatic carbocycles. The molecule has 1 aliphatic rings. The quantitative estimate of drug-likeness (QED) is 0.594. The van der Waals surface area contributed by atoms with E-state index in [0.29, 0.717) is 11.5 Å². The first kappa shape index (κ1) is 22.9. The van der Waals surface area contributed by atoms with Gasteiger partial charge in [0.25, 0.3) is 0 Å². The molecule has 2 rings (SSSR count). The zero-order valence-electron chi connectivity index (χ0n) is 16.9. The summed E-state index contributed by atoms with van der Waals surface area (Å²) in [5.41, 5.74) is 0.968. The fourth-order valence-electron chi connectivity index (χ4n) is 3.17. The topological polar surface area (TPSA) is 80.8 Å². The molecule has 1 saturated heterocycles. The van der Waals surface area contributed by atoms with Gasteiger partial charge in [0.15, 0.2) is 5.78 Å². The Morgan fingerprint density at radius 1 is 1.25 bits per heavy atom. The average Bonchev–Trinajstić information content (AvgIpc) is 2.66. The molecule has 8 heteroatoms. The minimum atomic E-state index is -3.78. The Balaban J connectivity index is 2.25. The van der Waals surface area contributed by atoms with Gasteiger partial charge in [-0.1, -0.05) is 31.5 Å². The summed E-state index contributed by atoms with van der Waals surface area (Å²) in [6.45, 7) is 7.88. The monoisotopic (exact) mass is 427 g/mol. The van der Waals surface area contributed by atoms with E-state index in [2.05, 4.69) is 0 Å². The van der Waals surface area contributed by atoms with E-state index in [0.717, 1.165) is 5.56 Å². The molecule has 1 aromatic carbocycles. The van der Waals surface area contributed by atoms with Crippen molar-refractivity contribution in [3.63, 3.8) is 0 Å².